The topological polar surface area (TPSA) is 12.0 Å². The minimum atomic E-state index is 0. The quantitative estimate of drug-likeness (QED) is 0.572. The van der Waals surface area contributed by atoms with Crippen molar-refractivity contribution in [2.75, 3.05) is 13.1 Å². The van der Waals surface area contributed by atoms with E-state index in [1.54, 1.807) is 0 Å². The molecule has 0 unspecified atom stereocenters. The zero-order valence-corrected chi connectivity index (χ0v) is 7.45. The molecule has 0 spiro atoms. The summed E-state index contributed by atoms with van der Waals surface area (Å²) in [6.07, 6.45) is 6.90. The molecule has 0 saturated carbocycles. The summed E-state index contributed by atoms with van der Waals surface area (Å²) in [5.41, 5.74) is 0. The molecule has 0 aromatic rings. The van der Waals surface area contributed by atoms with Crippen molar-refractivity contribution in [1.82, 2.24) is 5.32 Å². The van der Waals surface area contributed by atoms with Crippen LogP contribution in [0.3, 0.4) is 0 Å². The average molecular weight is 159 g/mol. The molecule has 11 heavy (non-hydrogen) atoms. The summed E-state index contributed by atoms with van der Waals surface area (Å²) in [5.74, 6) is 0. The van der Waals surface area contributed by atoms with Crippen LogP contribution >= 0.6 is 0 Å². The summed E-state index contributed by atoms with van der Waals surface area (Å²) in [5, 5.41) is 3.35. The van der Waals surface area contributed by atoms with Gasteiger partial charge >= 0.3 is 0 Å². The molecule has 1 heteroatoms. The molecule has 1 rings (SSSR count). The molecule has 0 radical (unpaired) electrons. The Morgan fingerprint density at radius 2 is 1.27 bits per heavy atom. The number of hydrogen-bond acceptors (Lipinski definition) is 1. The predicted octanol–water partition coefficient (Wildman–Crippen LogP) is 3.20. The van der Waals surface area contributed by atoms with Crippen LogP contribution in [0.15, 0.2) is 0 Å². The summed E-state index contributed by atoms with van der Waals surface area (Å²) < 4.78 is 0. The zero-order chi connectivity index (χ0) is 7.66. The summed E-state index contributed by atoms with van der Waals surface area (Å²) in [7, 11) is 0. The van der Waals surface area contributed by atoms with Gasteiger partial charge in [0, 0.05) is 0 Å². The lowest BCUT2D eigenvalue weighted by atomic mass is 10.2. The standard InChI is InChI=1S/C6H13N.C3H8.CH4/c1-2-4-6-7-5-3-1;1-3-2;/h7H,1-6H2;3H2,1-2H3;1H4. The molecule has 70 valence electrons. The molecule has 0 atom stereocenters. The summed E-state index contributed by atoms with van der Waals surface area (Å²) in [4.78, 5) is 0. The maximum atomic E-state index is 3.35. The Morgan fingerprint density at radius 3 is 1.64 bits per heavy atom. The fourth-order valence-electron chi connectivity index (χ4n) is 0.979. The van der Waals surface area contributed by atoms with Crippen molar-refractivity contribution in [1.29, 1.82) is 0 Å². The summed E-state index contributed by atoms with van der Waals surface area (Å²) in [6, 6.07) is 0. The van der Waals surface area contributed by atoms with Crippen LogP contribution in [0.5, 0.6) is 0 Å². The Morgan fingerprint density at radius 1 is 0.909 bits per heavy atom. The molecule has 1 heterocycles. The number of rotatable bonds is 0. The maximum Gasteiger partial charge on any atom is -0.00489 e. The SMILES string of the molecule is C.C1CCCNCC1.CCC. The van der Waals surface area contributed by atoms with Crippen molar-refractivity contribution in [3.63, 3.8) is 0 Å². The van der Waals surface area contributed by atoms with Gasteiger partial charge in [-0.1, -0.05) is 40.5 Å². The molecule has 1 fully saturated rings. The molecule has 1 aliphatic rings. The van der Waals surface area contributed by atoms with Crippen LogP contribution in [-0.2, 0) is 0 Å². The second kappa shape index (κ2) is 12.6. The van der Waals surface area contributed by atoms with Gasteiger partial charge in [-0.2, -0.15) is 0 Å². The van der Waals surface area contributed by atoms with E-state index in [0.29, 0.717) is 0 Å². The summed E-state index contributed by atoms with van der Waals surface area (Å²) in [6.45, 7) is 6.75. The van der Waals surface area contributed by atoms with Gasteiger partial charge in [0.2, 0.25) is 0 Å². The van der Waals surface area contributed by atoms with Gasteiger partial charge in [-0.3, -0.25) is 0 Å². The molecule has 0 aliphatic carbocycles. The Labute approximate surface area is 72.6 Å². The van der Waals surface area contributed by atoms with Crippen molar-refractivity contribution in [3.8, 4) is 0 Å². The highest BCUT2D eigenvalue weighted by molar-refractivity contribution is 4.54. The number of hydrogen-bond donors (Lipinski definition) is 1. The van der Waals surface area contributed by atoms with Gasteiger partial charge in [0.1, 0.15) is 0 Å². The van der Waals surface area contributed by atoms with Gasteiger partial charge in [-0.15, -0.1) is 0 Å². The van der Waals surface area contributed by atoms with Crippen molar-refractivity contribution < 1.29 is 0 Å². The first kappa shape index (κ1) is 13.5. The molecule has 0 aromatic carbocycles. The van der Waals surface area contributed by atoms with Crippen LogP contribution in [0, 0.1) is 0 Å². The Hall–Kier alpha value is -0.0400. The van der Waals surface area contributed by atoms with Crippen LogP contribution in [0.25, 0.3) is 0 Å². The molecular weight excluding hydrogens is 134 g/mol. The third-order valence-electron chi connectivity index (χ3n) is 1.46. The maximum absolute atomic E-state index is 3.35. The molecule has 1 nitrogen and oxygen atoms in total. The van der Waals surface area contributed by atoms with E-state index in [4.69, 9.17) is 0 Å². The van der Waals surface area contributed by atoms with Crippen molar-refractivity contribution in [2.45, 2.75) is 53.4 Å². The van der Waals surface area contributed by atoms with Crippen LogP contribution in [0.2, 0.25) is 0 Å². The second-order valence-corrected chi connectivity index (χ2v) is 2.87. The fraction of sp³-hybridized carbons (Fsp3) is 1.00. The van der Waals surface area contributed by atoms with Crippen LogP contribution in [0.4, 0.5) is 0 Å². The van der Waals surface area contributed by atoms with Crippen molar-refractivity contribution in [2.24, 2.45) is 0 Å². The van der Waals surface area contributed by atoms with E-state index in [9.17, 15) is 0 Å². The van der Waals surface area contributed by atoms with Gasteiger partial charge in [0.05, 0.1) is 0 Å². The molecule has 0 aromatic heterocycles. The Kier molecular flexibility index (Phi) is 15.5. The van der Waals surface area contributed by atoms with Crippen LogP contribution in [0.1, 0.15) is 53.4 Å². The molecular formula is C10H25N. The van der Waals surface area contributed by atoms with Gasteiger partial charge in [-0.25, -0.2) is 0 Å². The highest BCUT2D eigenvalue weighted by Gasteiger charge is 1.94. The van der Waals surface area contributed by atoms with Gasteiger partial charge in [-0.05, 0) is 25.9 Å². The first-order valence-corrected chi connectivity index (χ1v) is 4.62. The first-order valence-electron chi connectivity index (χ1n) is 4.62. The van der Waals surface area contributed by atoms with Gasteiger partial charge in [0.25, 0.3) is 0 Å². The molecule has 0 bridgehead atoms. The summed E-state index contributed by atoms with van der Waals surface area (Å²) >= 11 is 0. The lowest BCUT2D eigenvalue weighted by molar-refractivity contribution is 0.702. The largest absolute Gasteiger partial charge is 0.317 e. The van der Waals surface area contributed by atoms with Gasteiger partial charge < -0.3 is 5.32 Å². The van der Waals surface area contributed by atoms with Crippen molar-refractivity contribution >= 4 is 0 Å². The number of nitrogens with one attached hydrogen (secondary N) is 1. The van der Waals surface area contributed by atoms with Crippen molar-refractivity contribution in [3.05, 3.63) is 0 Å². The monoisotopic (exact) mass is 159 g/mol. The fourth-order valence-corrected chi connectivity index (χ4v) is 0.979. The minimum absolute atomic E-state index is 0. The van der Waals surface area contributed by atoms with E-state index in [0.717, 1.165) is 0 Å². The Bertz CT molecular complexity index is 33.2. The third kappa shape index (κ3) is 13.0. The highest BCUT2D eigenvalue weighted by atomic mass is 14.8. The minimum Gasteiger partial charge on any atom is -0.317 e. The lowest BCUT2D eigenvalue weighted by Gasteiger charge is -1.91. The smallest absolute Gasteiger partial charge is 0.00489 e. The predicted molar refractivity (Wildman–Crippen MR) is 54.0 cm³/mol. The van der Waals surface area contributed by atoms with E-state index in [-0.39, 0.29) is 7.43 Å². The second-order valence-electron chi connectivity index (χ2n) is 2.87. The van der Waals surface area contributed by atoms with E-state index < -0.39 is 0 Å². The van der Waals surface area contributed by atoms with E-state index in [1.165, 1.54) is 45.2 Å². The molecule has 1 saturated heterocycles. The molecule has 1 N–H and O–H groups in total. The molecule has 0 amide bonds. The Balaban J connectivity index is 0. The average Bonchev–Trinajstić information content (AvgIpc) is 2.17. The van der Waals surface area contributed by atoms with Crippen LogP contribution < -0.4 is 5.32 Å². The normalized spacial score (nSPS) is 16.9. The zero-order valence-electron chi connectivity index (χ0n) is 7.45. The third-order valence-corrected chi connectivity index (χ3v) is 1.46. The molecule has 1 aliphatic heterocycles. The van der Waals surface area contributed by atoms with E-state index in [1.807, 2.05) is 0 Å². The van der Waals surface area contributed by atoms with E-state index >= 15 is 0 Å². The van der Waals surface area contributed by atoms with E-state index in [2.05, 4.69) is 19.2 Å². The van der Waals surface area contributed by atoms with Gasteiger partial charge in [0.15, 0.2) is 0 Å². The highest BCUT2D eigenvalue weighted by Crippen LogP contribution is 2.00. The lowest BCUT2D eigenvalue weighted by Crippen LogP contribution is -2.12. The first-order chi connectivity index (χ1) is 4.91. The van der Waals surface area contributed by atoms with Crippen LogP contribution in [-0.4, -0.2) is 13.1 Å².